The Labute approximate surface area is 195 Å². The van der Waals surface area contributed by atoms with Crippen LogP contribution in [0.3, 0.4) is 0 Å². The zero-order valence-corrected chi connectivity index (χ0v) is 19.0. The number of aromatic nitrogens is 1. The van der Waals surface area contributed by atoms with Crippen LogP contribution in [0.15, 0.2) is 72.9 Å². The number of ether oxygens (including phenoxy) is 1. The molecule has 6 heteroatoms. The standard InChI is InChI=1S/C27H31N3O3/c1-20-11-14-28-26(17-20)29-27(32)23-12-15-30(16-13-23)18-24(31)19-33-25-9-7-22(8-10-25)21-5-3-2-4-6-21/h2-11,14,17,23-24,31H,12-13,15-16,18-19H2,1H3,(H,28,29,32). The number of anilines is 1. The largest absolute Gasteiger partial charge is 0.491 e. The summed E-state index contributed by atoms with van der Waals surface area (Å²) in [5, 5.41) is 13.4. The number of aliphatic hydroxyl groups is 1. The third kappa shape index (κ3) is 6.63. The molecule has 1 aromatic heterocycles. The van der Waals surface area contributed by atoms with Gasteiger partial charge < -0.3 is 20.1 Å². The van der Waals surface area contributed by atoms with Crippen molar-refractivity contribution < 1.29 is 14.6 Å². The van der Waals surface area contributed by atoms with Crippen molar-refractivity contribution in [2.75, 3.05) is 31.6 Å². The zero-order valence-electron chi connectivity index (χ0n) is 19.0. The van der Waals surface area contributed by atoms with Crippen LogP contribution in [-0.2, 0) is 4.79 Å². The van der Waals surface area contributed by atoms with E-state index in [2.05, 4.69) is 27.3 Å². The first-order chi connectivity index (χ1) is 16.1. The maximum Gasteiger partial charge on any atom is 0.228 e. The van der Waals surface area contributed by atoms with Gasteiger partial charge in [0.2, 0.25) is 5.91 Å². The van der Waals surface area contributed by atoms with Gasteiger partial charge in [-0.1, -0.05) is 42.5 Å². The molecule has 0 bridgehead atoms. The SMILES string of the molecule is Cc1ccnc(NC(=O)C2CCN(CC(O)COc3ccc(-c4ccccc4)cc3)CC2)c1. The minimum Gasteiger partial charge on any atom is -0.491 e. The first kappa shape index (κ1) is 23.0. The first-order valence-corrected chi connectivity index (χ1v) is 11.5. The number of carbonyl (C=O) groups excluding carboxylic acids is 1. The van der Waals surface area contributed by atoms with Crippen LogP contribution in [0, 0.1) is 12.8 Å². The molecule has 1 atom stereocenters. The number of hydrogen-bond donors (Lipinski definition) is 2. The van der Waals surface area contributed by atoms with Crippen molar-refractivity contribution >= 4 is 11.7 Å². The number of nitrogens with one attached hydrogen (secondary N) is 1. The molecule has 1 saturated heterocycles. The van der Waals surface area contributed by atoms with Gasteiger partial charge in [-0.25, -0.2) is 4.98 Å². The Balaban J connectivity index is 1.18. The van der Waals surface area contributed by atoms with Gasteiger partial charge in [0, 0.05) is 18.7 Å². The van der Waals surface area contributed by atoms with E-state index in [9.17, 15) is 9.90 Å². The van der Waals surface area contributed by atoms with Gasteiger partial charge in [0.1, 0.15) is 24.3 Å². The molecule has 0 spiro atoms. The molecule has 1 fully saturated rings. The van der Waals surface area contributed by atoms with E-state index in [1.165, 1.54) is 0 Å². The number of amides is 1. The molecule has 1 amide bonds. The average Bonchev–Trinajstić information content (AvgIpc) is 2.84. The van der Waals surface area contributed by atoms with Crippen LogP contribution in [-0.4, -0.2) is 53.2 Å². The molecule has 1 aliphatic rings. The van der Waals surface area contributed by atoms with Gasteiger partial charge in [0.25, 0.3) is 0 Å². The van der Waals surface area contributed by atoms with Crippen molar-refractivity contribution in [3.63, 3.8) is 0 Å². The number of aliphatic hydroxyl groups excluding tert-OH is 1. The van der Waals surface area contributed by atoms with E-state index >= 15 is 0 Å². The zero-order chi connectivity index (χ0) is 23.0. The minimum absolute atomic E-state index is 0.0237. The quantitative estimate of drug-likeness (QED) is 0.545. The summed E-state index contributed by atoms with van der Waals surface area (Å²) in [6, 6.07) is 21.9. The lowest BCUT2D eigenvalue weighted by molar-refractivity contribution is -0.121. The molecular weight excluding hydrogens is 414 g/mol. The predicted octanol–water partition coefficient (Wildman–Crippen LogP) is 4.15. The molecule has 0 aliphatic carbocycles. The number of likely N-dealkylation sites (tertiary alicyclic amines) is 1. The van der Waals surface area contributed by atoms with Gasteiger partial charge in [-0.2, -0.15) is 0 Å². The summed E-state index contributed by atoms with van der Waals surface area (Å²) in [6.07, 6.45) is 2.66. The lowest BCUT2D eigenvalue weighted by Crippen LogP contribution is -2.42. The number of pyridine rings is 1. The highest BCUT2D eigenvalue weighted by molar-refractivity contribution is 5.91. The van der Waals surface area contributed by atoms with Crippen molar-refractivity contribution in [2.45, 2.75) is 25.9 Å². The Morgan fingerprint density at radius 1 is 1.09 bits per heavy atom. The molecule has 2 aromatic carbocycles. The molecule has 172 valence electrons. The Bertz CT molecular complexity index is 1030. The first-order valence-electron chi connectivity index (χ1n) is 11.5. The third-order valence-electron chi connectivity index (χ3n) is 6.00. The Kier molecular flexibility index (Phi) is 7.70. The number of benzene rings is 2. The van der Waals surface area contributed by atoms with Crippen LogP contribution in [0.2, 0.25) is 0 Å². The number of β-amino-alcohol motifs (C(OH)–C–C–N with tert-alkyl or cyclic N) is 1. The molecule has 4 rings (SSSR count). The highest BCUT2D eigenvalue weighted by Gasteiger charge is 2.26. The summed E-state index contributed by atoms with van der Waals surface area (Å²) in [4.78, 5) is 18.9. The van der Waals surface area contributed by atoms with E-state index in [0.717, 1.165) is 48.4 Å². The van der Waals surface area contributed by atoms with Crippen molar-refractivity contribution in [3.05, 3.63) is 78.5 Å². The fraction of sp³-hybridized carbons (Fsp3) is 0.333. The van der Waals surface area contributed by atoms with E-state index < -0.39 is 6.10 Å². The summed E-state index contributed by atoms with van der Waals surface area (Å²) in [7, 11) is 0. The number of piperidine rings is 1. The van der Waals surface area contributed by atoms with Crippen LogP contribution >= 0.6 is 0 Å². The molecule has 3 aromatic rings. The van der Waals surface area contributed by atoms with Crippen LogP contribution in [0.1, 0.15) is 18.4 Å². The topological polar surface area (TPSA) is 74.7 Å². The number of nitrogens with zero attached hydrogens (tertiary/aromatic N) is 2. The molecular formula is C27H31N3O3. The average molecular weight is 446 g/mol. The number of hydrogen-bond acceptors (Lipinski definition) is 5. The van der Waals surface area contributed by atoms with Crippen LogP contribution in [0.4, 0.5) is 5.82 Å². The lowest BCUT2D eigenvalue weighted by atomic mass is 9.95. The summed E-state index contributed by atoms with van der Waals surface area (Å²) >= 11 is 0. The highest BCUT2D eigenvalue weighted by atomic mass is 16.5. The number of carbonyl (C=O) groups is 1. The van der Waals surface area contributed by atoms with Crippen LogP contribution in [0.5, 0.6) is 5.75 Å². The second-order valence-electron chi connectivity index (χ2n) is 8.64. The number of rotatable bonds is 8. The normalized spacial score (nSPS) is 15.7. The summed E-state index contributed by atoms with van der Waals surface area (Å²) in [6.45, 7) is 4.31. The van der Waals surface area contributed by atoms with Crippen molar-refractivity contribution in [3.8, 4) is 16.9 Å². The van der Waals surface area contributed by atoms with Crippen molar-refractivity contribution in [2.24, 2.45) is 5.92 Å². The van der Waals surface area contributed by atoms with Gasteiger partial charge in [-0.3, -0.25) is 4.79 Å². The Morgan fingerprint density at radius 3 is 2.48 bits per heavy atom. The van der Waals surface area contributed by atoms with Crippen molar-refractivity contribution in [1.82, 2.24) is 9.88 Å². The van der Waals surface area contributed by atoms with E-state index in [-0.39, 0.29) is 18.4 Å². The maximum atomic E-state index is 12.5. The number of aryl methyl sites for hydroxylation is 1. The maximum absolute atomic E-state index is 12.5. The molecule has 33 heavy (non-hydrogen) atoms. The summed E-state index contributed by atoms with van der Waals surface area (Å²) in [5.74, 6) is 1.34. The minimum atomic E-state index is -0.583. The second-order valence-corrected chi connectivity index (χ2v) is 8.64. The van der Waals surface area contributed by atoms with Gasteiger partial charge in [-0.05, 0) is 73.8 Å². The van der Waals surface area contributed by atoms with E-state index in [4.69, 9.17) is 4.74 Å². The van der Waals surface area contributed by atoms with Gasteiger partial charge in [-0.15, -0.1) is 0 Å². The fourth-order valence-corrected chi connectivity index (χ4v) is 4.13. The van der Waals surface area contributed by atoms with E-state index in [0.29, 0.717) is 12.4 Å². The lowest BCUT2D eigenvalue weighted by Gasteiger charge is -2.32. The Morgan fingerprint density at radius 2 is 1.79 bits per heavy atom. The summed E-state index contributed by atoms with van der Waals surface area (Å²) < 4.78 is 5.79. The van der Waals surface area contributed by atoms with Gasteiger partial charge in [0.15, 0.2) is 0 Å². The van der Waals surface area contributed by atoms with E-state index in [1.54, 1.807) is 6.20 Å². The molecule has 0 saturated carbocycles. The van der Waals surface area contributed by atoms with Crippen LogP contribution < -0.4 is 10.1 Å². The van der Waals surface area contributed by atoms with Crippen molar-refractivity contribution in [1.29, 1.82) is 0 Å². The Hall–Kier alpha value is -3.22. The van der Waals surface area contributed by atoms with E-state index in [1.807, 2.05) is 61.5 Å². The highest BCUT2D eigenvalue weighted by Crippen LogP contribution is 2.23. The summed E-state index contributed by atoms with van der Waals surface area (Å²) in [5.41, 5.74) is 3.36. The van der Waals surface area contributed by atoms with Gasteiger partial charge >= 0.3 is 0 Å². The molecule has 6 nitrogen and oxygen atoms in total. The molecule has 1 aliphatic heterocycles. The van der Waals surface area contributed by atoms with Gasteiger partial charge in [0.05, 0.1) is 0 Å². The molecule has 0 radical (unpaired) electrons. The fourth-order valence-electron chi connectivity index (χ4n) is 4.13. The smallest absolute Gasteiger partial charge is 0.228 e. The molecule has 2 N–H and O–H groups in total. The monoisotopic (exact) mass is 445 g/mol. The third-order valence-corrected chi connectivity index (χ3v) is 6.00. The molecule has 2 heterocycles. The van der Waals surface area contributed by atoms with Crippen LogP contribution in [0.25, 0.3) is 11.1 Å². The second kappa shape index (κ2) is 11.1. The predicted molar refractivity (Wildman–Crippen MR) is 130 cm³/mol. The molecule has 1 unspecified atom stereocenters.